The van der Waals surface area contributed by atoms with Crippen LogP contribution >= 0.6 is 0 Å². The lowest BCUT2D eigenvalue weighted by atomic mass is 9.81. The van der Waals surface area contributed by atoms with E-state index in [1.807, 2.05) is 95.7 Å². The first-order chi connectivity index (χ1) is 41.0. The molecule has 0 fully saturated rings. The zero-order valence-corrected chi connectivity index (χ0v) is 41.1. The van der Waals surface area contributed by atoms with Crippen LogP contribution in [0.25, 0.3) is 117 Å². The van der Waals surface area contributed by atoms with Crippen LogP contribution in [-0.2, 0) is 5.41 Å². The Hall–Kier alpha value is -9.58. The standard InChI is InChI=1S/C70H50N4O/c1-70(2,3)48-38-39-71-68(40-48)74-64-35-17-16-32-60(64)61-37-36-51(42-65(61)74)75-50-25-18-24-49(41-50)72-45-73(69-52(46-20-6-4-7-21-46)33-19-34-53(69)47-22-8-5-9-23-47)67-44-63-59-31-15-13-29-57(59)55-27-11-10-26-54(55)56-28-12-14-30-58(56)62(63)43-66(67)72/h4-44H,1-3H3/i4D,5D,6D,7D,8D,9D,20D,21D,22D,23D. The third-order valence-electron chi connectivity index (χ3n) is 14.3. The monoisotopic (exact) mass is 972 g/mol. The van der Waals surface area contributed by atoms with Crippen LogP contribution in [0.15, 0.2) is 249 Å². The summed E-state index contributed by atoms with van der Waals surface area (Å²) in [6.07, 6.45) is 5.51. The number of imidazole rings is 1. The van der Waals surface area contributed by atoms with E-state index in [9.17, 15) is 5.48 Å². The Morgan fingerprint density at radius 1 is 0.467 bits per heavy atom. The van der Waals surface area contributed by atoms with Crippen molar-refractivity contribution in [2.45, 2.75) is 26.2 Å². The highest BCUT2D eigenvalue weighted by Crippen LogP contribution is 2.49. The molecule has 3 aromatic heterocycles. The largest absolute Gasteiger partial charge is 0.458 e. The van der Waals surface area contributed by atoms with Gasteiger partial charge in [-0.15, -0.1) is 0 Å². The highest BCUT2D eigenvalue weighted by atomic mass is 16.5. The summed E-state index contributed by atoms with van der Waals surface area (Å²) in [7, 11) is 0. The number of fused-ring (bicyclic) bond motifs is 12. The van der Waals surface area contributed by atoms with Gasteiger partial charge in [0.1, 0.15) is 17.3 Å². The number of rotatable bonds is 7. The van der Waals surface area contributed by atoms with Gasteiger partial charge < -0.3 is 4.74 Å². The van der Waals surface area contributed by atoms with Gasteiger partial charge in [0.15, 0.2) is 0 Å². The van der Waals surface area contributed by atoms with Crippen molar-refractivity contribution in [1.29, 1.82) is 0 Å². The number of aromatic nitrogens is 4. The number of para-hydroxylation sites is 2. The van der Waals surface area contributed by atoms with Gasteiger partial charge in [-0.2, -0.15) is 0 Å². The van der Waals surface area contributed by atoms with Crippen LogP contribution in [0.2, 0.25) is 0 Å². The number of hydrogen-bond acceptors (Lipinski definition) is 2. The molecule has 1 aliphatic rings. The summed E-state index contributed by atoms with van der Waals surface area (Å²) in [5.41, 5.74) is 12.6. The van der Waals surface area contributed by atoms with Crippen LogP contribution in [0, 0.1) is 6.33 Å². The normalized spacial score (nSPS) is 13.8. The van der Waals surface area contributed by atoms with E-state index in [2.05, 4.69) is 111 Å². The maximum absolute atomic E-state index is 9.37. The molecule has 356 valence electrons. The minimum absolute atomic E-state index is 0.113. The molecule has 0 saturated carbocycles. The average molecular weight is 973 g/mol. The fourth-order valence-corrected chi connectivity index (χ4v) is 10.9. The van der Waals surface area contributed by atoms with Gasteiger partial charge in [0.25, 0.3) is 6.33 Å². The summed E-state index contributed by atoms with van der Waals surface area (Å²) >= 11 is 0. The average Bonchev–Trinajstić information content (AvgIpc) is 2.37. The topological polar surface area (TPSA) is 35.9 Å². The van der Waals surface area contributed by atoms with E-state index in [-0.39, 0.29) is 33.4 Å². The number of benzene rings is 10. The second-order valence-electron chi connectivity index (χ2n) is 19.8. The molecule has 0 bridgehead atoms. The van der Waals surface area contributed by atoms with E-state index in [0.29, 0.717) is 28.2 Å². The summed E-state index contributed by atoms with van der Waals surface area (Å²) in [5, 5.41) is 2.11. The molecule has 5 nitrogen and oxygen atoms in total. The van der Waals surface area contributed by atoms with Crippen molar-refractivity contribution in [2.75, 3.05) is 0 Å². The van der Waals surface area contributed by atoms with Gasteiger partial charge in [0, 0.05) is 23.0 Å². The summed E-state index contributed by atoms with van der Waals surface area (Å²) in [5.74, 6) is 1.85. The van der Waals surface area contributed by atoms with Crippen molar-refractivity contribution in [3.63, 3.8) is 0 Å². The van der Waals surface area contributed by atoms with Gasteiger partial charge >= 0.3 is 0 Å². The summed E-state index contributed by atoms with van der Waals surface area (Å²) in [6.45, 7) is 6.56. The summed E-state index contributed by atoms with van der Waals surface area (Å²) < 4.78 is 103. The number of hydrogen-bond donors (Lipinski definition) is 0. The van der Waals surface area contributed by atoms with E-state index in [4.69, 9.17) is 17.9 Å². The Labute approximate surface area is 450 Å². The second-order valence-corrected chi connectivity index (χ2v) is 19.8. The van der Waals surface area contributed by atoms with Crippen molar-refractivity contribution in [2.24, 2.45) is 0 Å². The maximum Gasteiger partial charge on any atom is 0.269 e. The summed E-state index contributed by atoms with van der Waals surface area (Å²) in [6, 6.07) is 54.7. The van der Waals surface area contributed by atoms with Crippen LogP contribution in [0.4, 0.5) is 0 Å². The highest BCUT2D eigenvalue weighted by molar-refractivity contribution is 6.10. The van der Waals surface area contributed by atoms with Gasteiger partial charge in [-0.05, 0) is 138 Å². The fourth-order valence-electron chi connectivity index (χ4n) is 10.9. The molecule has 0 radical (unpaired) electrons. The van der Waals surface area contributed by atoms with Crippen LogP contribution in [0.1, 0.15) is 40.0 Å². The minimum Gasteiger partial charge on any atom is -0.458 e. The first-order valence-corrected chi connectivity index (χ1v) is 24.9. The van der Waals surface area contributed by atoms with Crippen LogP contribution in [0.5, 0.6) is 11.5 Å². The molecule has 0 aliphatic heterocycles. The Bertz CT molecular complexity index is 4850. The smallest absolute Gasteiger partial charge is 0.269 e. The molecule has 10 aromatic carbocycles. The molecular weight excluding hydrogens is 913 g/mol. The Kier molecular flexibility index (Phi) is 8.14. The van der Waals surface area contributed by atoms with Gasteiger partial charge in [-0.3, -0.25) is 13.7 Å². The third-order valence-corrected chi connectivity index (χ3v) is 14.3. The molecule has 5 heteroatoms. The Morgan fingerprint density at radius 3 is 1.63 bits per heavy atom. The molecule has 0 amide bonds. The molecule has 75 heavy (non-hydrogen) atoms. The van der Waals surface area contributed by atoms with Crippen molar-refractivity contribution in [1.82, 2.24) is 14.1 Å². The predicted molar refractivity (Wildman–Crippen MR) is 307 cm³/mol. The predicted octanol–water partition coefficient (Wildman–Crippen LogP) is 17.6. The Balaban J connectivity index is 1.05. The van der Waals surface area contributed by atoms with E-state index in [1.54, 1.807) is 22.8 Å². The van der Waals surface area contributed by atoms with Gasteiger partial charge in [0.2, 0.25) is 0 Å². The third kappa shape index (κ3) is 7.46. The zero-order chi connectivity index (χ0) is 58.9. The number of pyridine rings is 1. The second kappa shape index (κ2) is 17.6. The van der Waals surface area contributed by atoms with Crippen molar-refractivity contribution < 1.29 is 23.0 Å². The van der Waals surface area contributed by atoms with E-state index < -0.39 is 60.4 Å². The Morgan fingerprint density at radius 2 is 1.00 bits per heavy atom. The van der Waals surface area contributed by atoms with E-state index in [1.165, 1.54) is 0 Å². The van der Waals surface area contributed by atoms with Crippen LogP contribution in [-0.4, -0.2) is 14.1 Å². The minimum atomic E-state index is -0.579. The lowest BCUT2D eigenvalue weighted by molar-refractivity contribution is -0.571. The molecule has 14 rings (SSSR count). The van der Waals surface area contributed by atoms with Gasteiger partial charge in [-0.1, -0.05) is 196 Å². The lowest BCUT2D eigenvalue weighted by Crippen LogP contribution is -2.31. The number of ether oxygens (including phenoxy) is 1. The summed E-state index contributed by atoms with van der Waals surface area (Å²) in [4.78, 5) is 4.89. The number of nitrogens with zero attached hydrogens (tertiary/aromatic N) is 4. The molecule has 3 heterocycles. The fraction of sp³-hybridized carbons (Fsp3) is 0.0571. The van der Waals surface area contributed by atoms with Crippen molar-refractivity contribution >= 4 is 32.8 Å². The molecule has 13 aromatic rings. The first kappa shape index (κ1) is 34.7. The van der Waals surface area contributed by atoms with Gasteiger partial charge in [-0.25, -0.2) is 4.98 Å². The molecule has 0 saturated heterocycles. The molecular formula is C70H50N4O. The molecule has 1 aliphatic carbocycles. The molecule has 0 N–H and O–H groups in total. The molecule has 0 spiro atoms. The van der Waals surface area contributed by atoms with E-state index >= 15 is 0 Å². The highest BCUT2D eigenvalue weighted by Gasteiger charge is 2.27. The quantitative estimate of drug-likeness (QED) is 0.118. The van der Waals surface area contributed by atoms with Crippen molar-refractivity contribution in [3.05, 3.63) is 261 Å². The SMILES string of the molecule is [2H]c1c([2H])c([2H])c(-c2cccc(-c3c([2H])c([2H])c([2H])c([2H])c3[2H])c2-[n+]2[c-]n(-c3cccc(Oc4ccc5c6ccccc6n(-c6cc(C(C)(C)C)ccn6)c5c4)c3)c3cc4c(cc32)-c2ccccc2-c2ccccc2-c2ccccc2-4)c([2H])c1[2H]. The zero-order valence-electron chi connectivity index (χ0n) is 51.1. The molecule has 0 atom stereocenters. The van der Waals surface area contributed by atoms with Crippen LogP contribution in [0.3, 0.4) is 0 Å². The maximum atomic E-state index is 9.37. The lowest BCUT2D eigenvalue weighted by Gasteiger charge is -2.24. The van der Waals surface area contributed by atoms with Crippen LogP contribution < -0.4 is 9.30 Å². The first-order valence-electron chi connectivity index (χ1n) is 29.9. The molecule has 0 unspecified atom stereocenters. The van der Waals surface area contributed by atoms with E-state index in [0.717, 1.165) is 77.7 Å². The van der Waals surface area contributed by atoms with Crippen molar-refractivity contribution in [3.8, 4) is 95.5 Å². The van der Waals surface area contributed by atoms with Gasteiger partial charge in [0.05, 0.1) is 47.1 Å².